The molecule has 140 valence electrons. The second kappa shape index (κ2) is 7.63. The van der Waals surface area contributed by atoms with E-state index in [0.29, 0.717) is 12.0 Å². The number of rotatable bonds is 4. The molecule has 1 heterocycles. The van der Waals surface area contributed by atoms with Crippen molar-refractivity contribution < 1.29 is 9.59 Å². The van der Waals surface area contributed by atoms with Crippen LogP contribution in [0.2, 0.25) is 0 Å². The number of nitrogens with one attached hydrogen (secondary N) is 1. The summed E-state index contributed by atoms with van der Waals surface area (Å²) in [6, 6.07) is 7.75. The first-order valence-electron chi connectivity index (χ1n) is 9.95. The molecule has 0 aromatic heterocycles. The predicted octanol–water partition coefficient (Wildman–Crippen LogP) is 3.74. The van der Waals surface area contributed by atoms with Gasteiger partial charge in [-0.2, -0.15) is 0 Å². The van der Waals surface area contributed by atoms with E-state index in [1.54, 1.807) is 0 Å². The van der Waals surface area contributed by atoms with Crippen LogP contribution >= 0.6 is 11.8 Å². The van der Waals surface area contributed by atoms with Gasteiger partial charge in [0.05, 0.1) is 5.37 Å². The molecule has 2 saturated carbocycles. The average molecular weight is 373 g/mol. The molecule has 1 N–H and O–H groups in total. The molecule has 1 aromatic rings. The number of amides is 2. The topological polar surface area (TPSA) is 49.4 Å². The Balaban J connectivity index is 1.61. The molecule has 1 aromatic carbocycles. The highest BCUT2D eigenvalue weighted by Gasteiger charge is 2.46. The van der Waals surface area contributed by atoms with Gasteiger partial charge in [0.1, 0.15) is 6.04 Å². The van der Waals surface area contributed by atoms with Crippen LogP contribution in [0, 0.1) is 12.8 Å². The molecule has 26 heavy (non-hydrogen) atoms. The summed E-state index contributed by atoms with van der Waals surface area (Å²) in [5.74, 6) is 1.30. The Hall–Kier alpha value is -1.49. The molecule has 2 atom stereocenters. The molecule has 1 aliphatic heterocycles. The molecule has 3 aliphatic rings. The molecule has 4 rings (SSSR count). The van der Waals surface area contributed by atoms with Crippen LogP contribution < -0.4 is 5.32 Å². The summed E-state index contributed by atoms with van der Waals surface area (Å²) in [4.78, 5) is 28.2. The van der Waals surface area contributed by atoms with E-state index < -0.39 is 0 Å². The van der Waals surface area contributed by atoms with Gasteiger partial charge in [0.15, 0.2) is 0 Å². The molecule has 5 heteroatoms. The van der Waals surface area contributed by atoms with Gasteiger partial charge in [-0.1, -0.05) is 37.5 Å². The van der Waals surface area contributed by atoms with Gasteiger partial charge in [-0.25, -0.2) is 0 Å². The maximum atomic E-state index is 13.5. The largest absolute Gasteiger partial charge is 0.352 e. The number of aryl methyl sites for hydroxylation is 1. The Morgan fingerprint density at radius 1 is 1.08 bits per heavy atom. The second-order valence-corrected chi connectivity index (χ2v) is 9.10. The SMILES string of the molecule is Cc1ccccc1C(=O)N1[C@@H](C(=O)NC2CC2)CS[C@H]1C1CCCCC1. The first-order valence-corrected chi connectivity index (χ1v) is 11.0. The minimum atomic E-state index is -0.334. The summed E-state index contributed by atoms with van der Waals surface area (Å²) >= 11 is 1.81. The van der Waals surface area contributed by atoms with Crippen molar-refractivity contribution in [2.24, 2.45) is 5.92 Å². The molecule has 3 fully saturated rings. The minimum Gasteiger partial charge on any atom is -0.352 e. The van der Waals surface area contributed by atoms with Gasteiger partial charge in [0.2, 0.25) is 5.91 Å². The number of hydrogen-bond acceptors (Lipinski definition) is 3. The van der Waals surface area contributed by atoms with Gasteiger partial charge in [-0.05, 0) is 50.2 Å². The Bertz CT molecular complexity index is 682. The summed E-state index contributed by atoms with van der Waals surface area (Å²) < 4.78 is 0. The van der Waals surface area contributed by atoms with Crippen molar-refractivity contribution in [2.75, 3.05) is 5.75 Å². The molecule has 0 radical (unpaired) electrons. The zero-order valence-corrected chi connectivity index (χ0v) is 16.3. The third-order valence-corrected chi connectivity index (χ3v) is 7.39. The van der Waals surface area contributed by atoms with Crippen molar-refractivity contribution in [1.82, 2.24) is 10.2 Å². The van der Waals surface area contributed by atoms with Gasteiger partial charge >= 0.3 is 0 Å². The highest BCUT2D eigenvalue weighted by molar-refractivity contribution is 8.00. The van der Waals surface area contributed by atoms with Crippen molar-refractivity contribution in [3.63, 3.8) is 0 Å². The van der Waals surface area contributed by atoms with Crippen molar-refractivity contribution >= 4 is 23.6 Å². The molecular formula is C21H28N2O2S. The number of hydrogen-bond donors (Lipinski definition) is 1. The Kier molecular flexibility index (Phi) is 5.25. The number of nitrogens with zero attached hydrogens (tertiary/aromatic N) is 1. The van der Waals surface area contributed by atoms with E-state index in [1.807, 2.05) is 47.9 Å². The molecule has 0 spiro atoms. The Morgan fingerprint density at radius 2 is 1.81 bits per heavy atom. The molecule has 4 nitrogen and oxygen atoms in total. The summed E-state index contributed by atoms with van der Waals surface area (Å²) in [6.07, 6.45) is 8.27. The van der Waals surface area contributed by atoms with Gasteiger partial charge in [0, 0.05) is 17.4 Å². The van der Waals surface area contributed by atoms with Crippen molar-refractivity contribution in [2.45, 2.75) is 69.3 Å². The van der Waals surface area contributed by atoms with Gasteiger partial charge in [0.25, 0.3) is 5.91 Å². The van der Waals surface area contributed by atoms with Crippen LogP contribution in [0.15, 0.2) is 24.3 Å². The molecule has 2 amide bonds. The zero-order chi connectivity index (χ0) is 18.1. The Morgan fingerprint density at radius 3 is 2.50 bits per heavy atom. The molecule has 1 saturated heterocycles. The maximum absolute atomic E-state index is 13.5. The van der Waals surface area contributed by atoms with E-state index in [0.717, 1.165) is 29.7 Å². The summed E-state index contributed by atoms with van der Waals surface area (Å²) in [5.41, 5.74) is 1.72. The number of carbonyl (C=O) groups is 2. The fourth-order valence-electron chi connectivity index (χ4n) is 4.25. The van der Waals surface area contributed by atoms with Crippen LogP contribution in [0.25, 0.3) is 0 Å². The monoisotopic (exact) mass is 372 g/mol. The third kappa shape index (κ3) is 3.64. The van der Waals surface area contributed by atoms with E-state index >= 15 is 0 Å². The maximum Gasteiger partial charge on any atom is 0.255 e. The second-order valence-electron chi connectivity index (χ2n) is 7.95. The highest BCUT2D eigenvalue weighted by Crippen LogP contribution is 2.41. The lowest BCUT2D eigenvalue weighted by Crippen LogP contribution is -2.52. The molecule has 2 aliphatic carbocycles. The van der Waals surface area contributed by atoms with Gasteiger partial charge in [-0.3, -0.25) is 9.59 Å². The van der Waals surface area contributed by atoms with E-state index in [-0.39, 0.29) is 23.2 Å². The van der Waals surface area contributed by atoms with Crippen LogP contribution in [0.5, 0.6) is 0 Å². The van der Waals surface area contributed by atoms with E-state index in [9.17, 15) is 9.59 Å². The fourth-order valence-corrected chi connectivity index (χ4v) is 5.89. The molecular weight excluding hydrogens is 344 g/mol. The van der Waals surface area contributed by atoms with Crippen LogP contribution in [-0.4, -0.2) is 39.9 Å². The lowest BCUT2D eigenvalue weighted by atomic mass is 9.88. The van der Waals surface area contributed by atoms with E-state index in [2.05, 4.69) is 5.32 Å². The van der Waals surface area contributed by atoms with E-state index in [4.69, 9.17) is 0 Å². The fraction of sp³-hybridized carbons (Fsp3) is 0.619. The van der Waals surface area contributed by atoms with Crippen LogP contribution in [0.1, 0.15) is 60.9 Å². The van der Waals surface area contributed by atoms with Crippen molar-refractivity contribution in [1.29, 1.82) is 0 Å². The lowest BCUT2D eigenvalue weighted by Gasteiger charge is -2.35. The molecule has 0 bridgehead atoms. The quantitative estimate of drug-likeness (QED) is 0.876. The van der Waals surface area contributed by atoms with Crippen molar-refractivity contribution in [3.05, 3.63) is 35.4 Å². The normalized spacial score (nSPS) is 26.7. The average Bonchev–Trinajstić information content (AvgIpc) is 3.36. The number of carbonyl (C=O) groups excluding carboxylic acids is 2. The van der Waals surface area contributed by atoms with E-state index in [1.165, 1.54) is 32.1 Å². The standard InChI is InChI=1S/C21H28N2O2S/c1-14-7-5-6-10-17(14)20(25)23-18(19(24)22-16-11-12-16)13-26-21(23)15-8-3-2-4-9-15/h5-7,10,15-16,18,21H,2-4,8-9,11-13H2,1H3,(H,22,24)/t18-,21+/m1/s1. The summed E-state index contributed by atoms with van der Waals surface area (Å²) in [6.45, 7) is 1.98. The van der Waals surface area contributed by atoms with Gasteiger partial charge < -0.3 is 10.2 Å². The van der Waals surface area contributed by atoms with Crippen LogP contribution in [0.3, 0.4) is 0 Å². The smallest absolute Gasteiger partial charge is 0.255 e. The summed E-state index contributed by atoms with van der Waals surface area (Å²) in [5, 5.41) is 3.26. The van der Waals surface area contributed by atoms with Crippen LogP contribution in [0.4, 0.5) is 0 Å². The highest BCUT2D eigenvalue weighted by atomic mass is 32.2. The van der Waals surface area contributed by atoms with Crippen LogP contribution in [-0.2, 0) is 4.79 Å². The third-order valence-electron chi connectivity index (χ3n) is 5.92. The van der Waals surface area contributed by atoms with Crippen molar-refractivity contribution in [3.8, 4) is 0 Å². The minimum absolute atomic E-state index is 0.0274. The zero-order valence-electron chi connectivity index (χ0n) is 15.4. The number of thioether (sulfide) groups is 1. The first kappa shape index (κ1) is 17.9. The van der Waals surface area contributed by atoms with Gasteiger partial charge in [-0.15, -0.1) is 11.8 Å². The molecule has 0 unspecified atom stereocenters. The summed E-state index contributed by atoms with van der Waals surface area (Å²) in [7, 11) is 0. The Labute approximate surface area is 160 Å². The first-order chi connectivity index (χ1) is 12.6. The lowest BCUT2D eigenvalue weighted by molar-refractivity contribution is -0.125. The number of benzene rings is 1. The predicted molar refractivity (Wildman–Crippen MR) is 105 cm³/mol.